The summed E-state index contributed by atoms with van der Waals surface area (Å²) in [7, 11) is 1.53. The van der Waals surface area contributed by atoms with Gasteiger partial charge in [-0.25, -0.2) is 4.79 Å². The van der Waals surface area contributed by atoms with Gasteiger partial charge in [0.1, 0.15) is 29.2 Å². The molecule has 0 aliphatic rings. The largest absolute Gasteiger partial charge is 0.508 e. The molecular formula is C25H33N3O7. The maximum absolute atomic E-state index is 13.4. The monoisotopic (exact) mass is 487 g/mol. The van der Waals surface area contributed by atoms with Crippen LogP contribution in [-0.2, 0) is 14.3 Å². The lowest BCUT2D eigenvalue weighted by Crippen LogP contribution is -2.53. The van der Waals surface area contributed by atoms with E-state index in [1.807, 2.05) is 0 Å². The Morgan fingerprint density at radius 2 is 1.63 bits per heavy atom. The van der Waals surface area contributed by atoms with Gasteiger partial charge in [0.15, 0.2) is 0 Å². The first-order valence-corrected chi connectivity index (χ1v) is 11.1. The van der Waals surface area contributed by atoms with Gasteiger partial charge in [0.05, 0.1) is 13.7 Å². The molecule has 3 amide bonds. The molecule has 0 saturated carbocycles. The van der Waals surface area contributed by atoms with Crippen LogP contribution in [0, 0.1) is 0 Å². The van der Waals surface area contributed by atoms with Crippen LogP contribution < -0.4 is 15.4 Å². The number of rotatable bonds is 9. The Morgan fingerprint density at radius 1 is 1.03 bits per heavy atom. The van der Waals surface area contributed by atoms with Crippen molar-refractivity contribution in [2.75, 3.05) is 25.6 Å². The third kappa shape index (κ3) is 7.89. The van der Waals surface area contributed by atoms with E-state index in [0.29, 0.717) is 17.0 Å². The van der Waals surface area contributed by atoms with E-state index in [4.69, 9.17) is 9.47 Å². The summed E-state index contributed by atoms with van der Waals surface area (Å²) in [5.74, 6) is -0.589. The number of methoxy groups -OCH3 is 1. The van der Waals surface area contributed by atoms with E-state index in [-0.39, 0.29) is 12.3 Å². The van der Waals surface area contributed by atoms with Crippen molar-refractivity contribution in [3.8, 4) is 11.5 Å². The molecule has 190 valence electrons. The number of aliphatic hydroxyl groups excluding tert-OH is 1. The van der Waals surface area contributed by atoms with E-state index in [1.165, 1.54) is 36.3 Å². The molecule has 4 N–H and O–H groups in total. The first-order valence-electron chi connectivity index (χ1n) is 11.1. The van der Waals surface area contributed by atoms with Gasteiger partial charge in [-0.15, -0.1) is 0 Å². The van der Waals surface area contributed by atoms with Crippen molar-refractivity contribution < 1.29 is 34.1 Å². The number of phenols is 1. The van der Waals surface area contributed by atoms with E-state index < -0.39 is 42.2 Å². The third-order valence-electron chi connectivity index (χ3n) is 4.92. The zero-order chi connectivity index (χ0) is 26.2. The van der Waals surface area contributed by atoms with E-state index in [0.717, 1.165) is 0 Å². The van der Waals surface area contributed by atoms with Crippen molar-refractivity contribution in [3.05, 3.63) is 54.1 Å². The van der Waals surface area contributed by atoms with Gasteiger partial charge >= 0.3 is 6.09 Å². The summed E-state index contributed by atoms with van der Waals surface area (Å²) in [4.78, 5) is 40.2. The van der Waals surface area contributed by atoms with Gasteiger partial charge < -0.3 is 35.2 Å². The fraction of sp³-hybridized carbons (Fsp3) is 0.400. The summed E-state index contributed by atoms with van der Waals surface area (Å²) in [5, 5.41) is 24.7. The molecule has 0 bridgehead atoms. The van der Waals surface area contributed by atoms with Crippen LogP contribution in [0.2, 0.25) is 0 Å². The standard InChI is InChI=1S/C25H33N3O7/c1-6-28(23(32)20(15-29)27-24(33)35-25(2,3)4)21(16-7-11-18(30)12-8-16)22(31)26-17-9-13-19(34-5)14-10-17/h7-14,20-21,29-30H,6,15H2,1-5H3,(H,26,31)(H,27,33). The smallest absolute Gasteiger partial charge is 0.408 e. The number of nitrogens with one attached hydrogen (secondary N) is 2. The van der Waals surface area contributed by atoms with Gasteiger partial charge in [-0.05, 0) is 69.7 Å². The highest BCUT2D eigenvalue weighted by Gasteiger charge is 2.35. The second kappa shape index (κ2) is 12.1. The van der Waals surface area contributed by atoms with Crippen molar-refractivity contribution >= 4 is 23.6 Å². The Hall–Kier alpha value is -3.79. The number of ether oxygens (including phenoxy) is 2. The van der Waals surface area contributed by atoms with E-state index >= 15 is 0 Å². The van der Waals surface area contributed by atoms with Crippen LogP contribution in [0.1, 0.15) is 39.3 Å². The van der Waals surface area contributed by atoms with Gasteiger partial charge in [0.2, 0.25) is 5.91 Å². The number of nitrogens with zero attached hydrogens (tertiary/aromatic N) is 1. The van der Waals surface area contributed by atoms with Crippen molar-refractivity contribution in [1.29, 1.82) is 0 Å². The number of hydrogen-bond donors (Lipinski definition) is 4. The maximum Gasteiger partial charge on any atom is 0.408 e. The molecule has 0 aliphatic heterocycles. The molecule has 2 atom stereocenters. The molecule has 0 spiro atoms. The van der Waals surface area contributed by atoms with Crippen LogP contribution in [0.5, 0.6) is 11.5 Å². The highest BCUT2D eigenvalue weighted by atomic mass is 16.6. The Labute approximate surface area is 204 Å². The second-order valence-corrected chi connectivity index (χ2v) is 8.72. The molecule has 0 aromatic heterocycles. The Kier molecular flexibility index (Phi) is 9.47. The SMILES string of the molecule is CCN(C(=O)C(CO)NC(=O)OC(C)(C)C)C(C(=O)Nc1ccc(OC)cc1)c1ccc(O)cc1. The third-order valence-corrected chi connectivity index (χ3v) is 4.92. The number of likely N-dealkylation sites (N-methyl/N-ethyl adjacent to an activating group) is 1. The number of amides is 3. The molecule has 10 heteroatoms. The number of hydrogen-bond acceptors (Lipinski definition) is 7. The van der Waals surface area contributed by atoms with Gasteiger partial charge in [-0.2, -0.15) is 0 Å². The molecule has 0 fully saturated rings. The van der Waals surface area contributed by atoms with Crippen molar-refractivity contribution in [1.82, 2.24) is 10.2 Å². The number of alkyl carbamates (subject to hydrolysis) is 1. The Morgan fingerprint density at radius 3 is 2.11 bits per heavy atom. The number of carbonyl (C=O) groups excluding carboxylic acids is 3. The molecule has 35 heavy (non-hydrogen) atoms. The highest BCUT2D eigenvalue weighted by molar-refractivity contribution is 5.99. The fourth-order valence-corrected chi connectivity index (χ4v) is 3.32. The first kappa shape index (κ1) is 27.5. The van der Waals surface area contributed by atoms with Crippen LogP contribution in [0.3, 0.4) is 0 Å². The summed E-state index contributed by atoms with van der Waals surface area (Å²) in [6.07, 6.45) is -0.871. The van der Waals surface area contributed by atoms with Crippen LogP contribution in [0.25, 0.3) is 0 Å². The molecule has 0 heterocycles. The lowest BCUT2D eigenvalue weighted by molar-refractivity contribution is -0.141. The molecular weight excluding hydrogens is 454 g/mol. The molecule has 0 aliphatic carbocycles. The number of aromatic hydroxyl groups is 1. The number of benzene rings is 2. The van der Waals surface area contributed by atoms with Gasteiger partial charge in [-0.1, -0.05) is 12.1 Å². The molecule has 0 radical (unpaired) electrons. The average Bonchev–Trinajstić information content (AvgIpc) is 2.80. The van der Waals surface area contributed by atoms with Crippen LogP contribution in [0.15, 0.2) is 48.5 Å². The quantitative estimate of drug-likeness (QED) is 0.427. The van der Waals surface area contributed by atoms with Crippen molar-refractivity contribution in [3.63, 3.8) is 0 Å². The first-order chi connectivity index (χ1) is 16.5. The molecule has 2 rings (SSSR count). The summed E-state index contributed by atoms with van der Waals surface area (Å²) in [5.41, 5.74) is 0.108. The minimum absolute atomic E-state index is 0.00253. The average molecular weight is 488 g/mol. The van der Waals surface area contributed by atoms with Gasteiger partial charge in [-0.3, -0.25) is 9.59 Å². The van der Waals surface area contributed by atoms with Crippen LogP contribution >= 0.6 is 0 Å². The number of anilines is 1. The Balaban J connectivity index is 2.35. The molecule has 0 saturated heterocycles. The van der Waals surface area contributed by atoms with Crippen molar-refractivity contribution in [2.24, 2.45) is 0 Å². The summed E-state index contributed by atoms with van der Waals surface area (Å²) >= 11 is 0. The highest BCUT2D eigenvalue weighted by Crippen LogP contribution is 2.26. The van der Waals surface area contributed by atoms with Crippen LogP contribution in [0.4, 0.5) is 10.5 Å². The van der Waals surface area contributed by atoms with E-state index in [1.54, 1.807) is 52.0 Å². The molecule has 2 aromatic rings. The normalized spacial score (nSPS) is 12.7. The number of carbonyl (C=O) groups is 3. The molecule has 2 aromatic carbocycles. The predicted octanol–water partition coefficient (Wildman–Crippen LogP) is 2.81. The summed E-state index contributed by atoms with van der Waals surface area (Å²) in [6, 6.07) is 10.1. The topological polar surface area (TPSA) is 137 Å². The summed E-state index contributed by atoms with van der Waals surface area (Å²) in [6.45, 7) is 6.08. The minimum atomic E-state index is -1.33. The molecule has 2 unspecified atom stereocenters. The van der Waals surface area contributed by atoms with Crippen LogP contribution in [-0.4, -0.2) is 64.9 Å². The van der Waals surface area contributed by atoms with E-state index in [9.17, 15) is 24.6 Å². The molecule has 10 nitrogen and oxygen atoms in total. The zero-order valence-electron chi connectivity index (χ0n) is 20.6. The van der Waals surface area contributed by atoms with E-state index in [2.05, 4.69) is 10.6 Å². The predicted molar refractivity (Wildman–Crippen MR) is 130 cm³/mol. The summed E-state index contributed by atoms with van der Waals surface area (Å²) < 4.78 is 10.3. The number of aliphatic hydroxyl groups is 1. The minimum Gasteiger partial charge on any atom is -0.508 e. The zero-order valence-corrected chi connectivity index (χ0v) is 20.6. The van der Waals surface area contributed by atoms with Gasteiger partial charge in [0, 0.05) is 12.2 Å². The lowest BCUT2D eigenvalue weighted by Gasteiger charge is -2.33. The second-order valence-electron chi connectivity index (χ2n) is 8.72. The lowest BCUT2D eigenvalue weighted by atomic mass is 10.0. The Bertz CT molecular complexity index is 1000. The maximum atomic E-state index is 13.4. The fourth-order valence-electron chi connectivity index (χ4n) is 3.32. The number of phenolic OH excluding ortho intramolecular Hbond substituents is 1. The van der Waals surface area contributed by atoms with Gasteiger partial charge in [0.25, 0.3) is 5.91 Å². The van der Waals surface area contributed by atoms with Crippen molar-refractivity contribution in [2.45, 2.75) is 45.4 Å².